The van der Waals surface area contributed by atoms with Crippen LogP contribution in [-0.2, 0) is 0 Å². The molecule has 0 radical (unpaired) electrons. The molecule has 14 heavy (non-hydrogen) atoms. The molecular weight excluding hydrogens is 248 g/mol. The van der Waals surface area contributed by atoms with Crippen LogP contribution in [0.1, 0.15) is 0 Å². The number of benzene rings is 1. The molecule has 0 atom stereocenters. The van der Waals surface area contributed by atoms with E-state index in [4.69, 9.17) is 4.74 Å². The second-order valence-corrected chi connectivity index (χ2v) is 3.62. The Labute approximate surface area is 88.0 Å². The van der Waals surface area contributed by atoms with Gasteiger partial charge >= 0.3 is 0 Å². The number of aromatic amines is 1. The van der Waals surface area contributed by atoms with Crippen molar-refractivity contribution >= 4 is 26.8 Å². The summed E-state index contributed by atoms with van der Waals surface area (Å²) in [5.74, 6) is 0.634. The first kappa shape index (κ1) is 9.21. The predicted molar refractivity (Wildman–Crippen MR) is 56.6 cm³/mol. The Morgan fingerprint density at radius 2 is 2.29 bits per heavy atom. The zero-order valence-corrected chi connectivity index (χ0v) is 8.96. The van der Waals surface area contributed by atoms with Gasteiger partial charge in [-0.3, -0.25) is 9.89 Å². The van der Waals surface area contributed by atoms with Crippen molar-refractivity contribution in [2.75, 3.05) is 7.11 Å². The van der Waals surface area contributed by atoms with Gasteiger partial charge in [-0.15, -0.1) is 0 Å². The summed E-state index contributed by atoms with van der Waals surface area (Å²) in [6.07, 6.45) is 1.25. The van der Waals surface area contributed by atoms with Gasteiger partial charge in [0.15, 0.2) is 0 Å². The van der Waals surface area contributed by atoms with Crippen molar-refractivity contribution in [3.63, 3.8) is 0 Å². The molecule has 72 valence electrons. The summed E-state index contributed by atoms with van der Waals surface area (Å²) >= 11 is 3.33. The molecule has 0 aliphatic heterocycles. The maximum Gasteiger partial charge on any atom is 0.208 e. The quantitative estimate of drug-likeness (QED) is 0.843. The number of hydrogen-bond donors (Lipinski definition) is 1. The Bertz CT molecular complexity index is 536. The van der Waals surface area contributed by atoms with Gasteiger partial charge in [0, 0.05) is 0 Å². The highest BCUT2D eigenvalue weighted by atomic mass is 79.9. The minimum absolute atomic E-state index is 0.121. The molecule has 5 heteroatoms. The molecule has 1 N–H and O–H groups in total. The summed E-state index contributed by atoms with van der Waals surface area (Å²) in [7, 11) is 1.56. The molecule has 0 unspecified atom stereocenters. The molecule has 2 rings (SSSR count). The van der Waals surface area contributed by atoms with Crippen LogP contribution in [0.25, 0.3) is 10.9 Å². The molecule has 1 aromatic carbocycles. The molecular formula is C9H7BrN2O2. The Hall–Kier alpha value is -1.36. The second-order valence-electron chi connectivity index (χ2n) is 2.77. The van der Waals surface area contributed by atoms with E-state index < -0.39 is 0 Å². The van der Waals surface area contributed by atoms with Crippen LogP contribution in [0.4, 0.5) is 0 Å². The van der Waals surface area contributed by atoms with Gasteiger partial charge in [-0.25, -0.2) is 0 Å². The van der Waals surface area contributed by atoms with Crippen LogP contribution in [-0.4, -0.2) is 17.3 Å². The number of H-pyrrole nitrogens is 1. The van der Waals surface area contributed by atoms with E-state index in [0.29, 0.717) is 16.7 Å². The van der Waals surface area contributed by atoms with Crippen LogP contribution < -0.4 is 10.2 Å². The van der Waals surface area contributed by atoms with Crippen molar-refractivity contribution in [1.29, 1.82) is 0 Å². The number of rotatable bonds is 1. The lowest BCUT2D eigenvalue weighted by Crippen LogP contribution is -2.03. The molecule has 0 aliphatic rings. The normalized spacial score (nSPS) is 10.4. The lowest BCUT2D eigenvalue weighted by atomic mass is 10.2. The van der Waals surface area contributed by atoms with E-state index in [1.54, 1.807) is 19.2 Å². The van der Waals surface area contributed by atoms with Crippen LogP contribution in [0.3, 0.4) is 0 Å². The Morgan fingerprint density at radius 3 is 3.00 bits per heavy atom. The third-order valence-electron chi connectivity index (χ3n) is 1.92. The number of ether oxygens (including phenoxy) is 1. The summed E-state index contributed by atoms with van der Waals surface area (Å²) < 4.78 is 5.88. The lowest BCUT2D eigenvalue weighted by molar-refractivity contribution is 0.413. The number of nitrogens with one attached hydrogen (secondary N) is 1. The highest BCUT2D eigenvalue weighted by Crippen LogP contribution is 2.27. The second kappa shape index (κ2) is 3.42. The zero-order chi connectivity index (χ0) is 10.1. The summed E-state index contributed by atoms with van der Waals surface area (Å²) in [6, 6.07) is 3.45. The van der Waals surface area contributed by atoms with Crippen molar-refractivity contribution in [2.24, 2.45) is 0 Å². The summed E-state index contributed by atoms with van der Waals surface area (Å²) in [4.78, 5) is 11.4. The SMILES string of the molecule is COc1cc2c(=O)cn[nH]c2cc1Br. The molecule has 0 bridgehead atoms. The monoisotopic (exact) mass is 254 g/mol. The van der Waals surface area contributed by atoms with Crippen molar-refractivity contribution in [3.05, 3.63) is 33.0 Å². The van der Waals surface area contributed by atoms with Crippen LogP contribution in [0.15, 0.2) is 27.6 Å². The number of aromatic nitrogens is 2. The highest BCUT2D eigenvalue weighted by Gasteiger charge is 2.05. The fourth-order valence-corrected chi connectivity index (χ4v) is 1.74. The van der Waals surface area contributed by atoms with E-state index in [2.05, 4.69) is 26.1 Å². The molecule has 1 aromatic heterocycles. The average Bonchev–Trinajstić information content (AvgIpc) is 2.17. The first-order valence-electron chi connectivity index (χ1n) is 3.93. The molecule has 0 saturated heterocycles. The van der Waals surface area contributed by atoms with E-state index in [1.807, 2.05) is 0 Å². The van der Waals surface area contributed by atoms with Gasteiger partial charge in [0.25, 0.3) is 0 Å². The van der Waals surface area contributed by atoms with Crippen LogP contribution in [0.2, 0.25) is 0 Å². The van der Waals surface area contributed by atoms with E-state index in [-0.39, 0.29) is 5.43 Å². The van der Waals surface area contributed by atoms with Gasteiger partial charge in [-0.05, 0) is 28.1 Å². The Kier molecular flexibility index (Phi) is 2.25. The molecule has 2 aromatic rings. The molecule has 4 nitrogen and oxygen atoms in total. The van der Waals surface area contributed by atoms with Gasteiger partial charge in [0.2, 0.25) is 5.43 Å². The number of hydrogen-bond acceptors (Lipinski definition) is 3. The fourth-order valence-electron chi connectivity index (χ4n) is 1.24. The maximum absolute atomic E-state index is 11.4. The van der Waals surface area contributed by atoms with E-state index in [1.165, 1.54) is 6.20 Å². The number of halogens is 1. The predicted octanol–water partition coefficient (Wildman–Crippen LogP) is 1.69. The minimum Gasteiger partial charge on any atom is -0.496 e. The van der Waals surface area contributed by atoms with Crippen molar-refractivity contribution in [2.45, 2.75) is 0 Å². The first-order valence-corrected chi connectivity index (χ1v) is 4.72. The number of methoxy groups -OCH3 is 1. The molecule has 1 heterocycles. The maximum atomic E-state index is 11.4. The lowest BCUT2D eigenvalue weighted by Gasteiger charge is -2.04. The smallest absolute Gasteiger partial charge is 0.208 e. The molecule has 0 fully saturated rings. The average molecular weight is 255 g/mol. The Balaban J connectivity index is 2.87. The van der Waals surface area contributed by atoms with Gasteiger partial charge in [-0.1, -0.05) is 0 Å². The van der Waals surface area contributed by atoms with Crippen LogP contribution in [0.5, 0.6) is 5.75 Å². The van der Waals surface area contributed by atoms with Crippen LogP contribution >= 0.6 is 15.9 Å². The molecule has 0 saturated carbocycles. The standard InChI is InChI=1S/C9H7BrN2O2/c1-14-9-2-5-7(3-6(9)10)12-11-4-8(5)13/h2-4H,1H3,(H,12,13). The topological polar surface area (TPSA) is 55.0 Å². The van der Waals surface area contributed by atoms with Gasteiger partial charge in [0.05, 0.1) is 28.7 Å². The van der Waals surface area contributed by atoms with Crippen molar-refractivity contribution < 1.29 is 4.74 Å². The summed E-state index contributed by atoms with van der Waals surface area (Å²) in [6.45, 7) is 0. The van der Waals surface area contributed by atoms with E-state index in [0.717, 1.165) is 4.47 Å². The van der Waals surface area contributed by atoms with Gasteiger partial charge < -0.3 is 4.74 Å². The number of nitrogens with zero attached hydrogens (tertiary/aromatic N) is 1. The fraction of sp³-hybridized carbons (Fsp3) is 0.111. The summed E-state index contributed by atoms with van der Waals surface area (Å²) in [5, 5.41) is 7.03. The van der Waals surface area contributed by atoms with Gasteiger partial charge in [0.1, 0.15) is 5.75 Å². The van der Waals surface area contributed by atoms with Crippen LogP contribution in [0, 0.1) is 0 Å². The van der Waals surface area contributed by atoms with Crippen molar-refractivity contribution in [3.8, 4) is 5.75 Å². The zero-order valence-electron chi connectivity index (χ0n) is 7.37. The van der Waals surface area contributed by atoms with Gasteiger partial charge in [-0.2, -0.15) is 5.10 Å². The molecule has 0 aliphatic carbocycles. The molecule has 0 spiro atoms. The summed E-state index contributed by atoms with van der Waals surface area (Å²) in [5.41, 5.74) is 0.565. The largest absolute Gasteiger partial charge is 0.496 e. The van der Waals surface area contributed by atoms with E-state index >= 15 is 0 Å². The highest BCUT2D eigenvalue weighted by molar-refractivity contribution is 9.10. The van der Waals surface area contributed by atoms with Crippen molar-refractivity contribution in [1.82, 2.24) is 10.2 Å². The third-order valence-corrected chi connectivity index (χ3v) is 2.54. The molecule has 0 amide bonds. The number of fused-ring (bicyclic) bond motifs is 1. The minimum atomic E-state index is -0.121. The van der Waals surface area contributed by atoms with E-state index in [9.17, 15) is 4.79 Å². The Morgan fingerprint density at radius 1 is 1.50 bits per heavy atom. The first-order chi connectivity index (χ1) is 6.72. The third kappa shape index (κ3) is 1.39.